The lowest BCUT2D eigenvalue weighted by molar-refractivity contribution is -0.592. The van der Waals surface area contributed by atoms with Crippen molar-refractivity contribution in [2.75, 3.05) is 0 Å². The van der Waals surface area contributed by atoms with E-state index in [9.17, 15) is 83.4 Å². The summed E-state index contributed by atoms with van der Waals surface area (Å²) in [5.41, 5.74) is -8.70. The summed E-state index contributed by atoms with van der Waals surface area (Å²) in [5, 5.41) is 0. The molecule has 2 heterocycles. The van der Waals surface area contributed by atoms with Gasteiger partial charge in [0, 0.05) is 0 Å². The van der Waals surface area contributed by atoms with Gasteiger partial charge in [-0.15, -0.1) is 4.90 Å². The van der Waals surface area contributed by atoms with Gasteiger partial charge in [0.1, 0.15) is 0 Å². The summed E-state index contributed by atoms with van der Waals surface area (Å²) in [6.07, 6.45) is -8.36. The van der Waals surface area contributed by atoms with Gasteiger partial charge >= 0.3 is 53.6 Å². The van der Waals surface area contributed by atoms with Crippen LogP contribution in [-0.4, -0.2) is 64.2 Å². The van der Waals surface area contributed by atoms with Crippen molar-refractivity contribution in [3.8, 4) is 0 Å². The minimum atomic E-state index is -8.70. The van der Waals surface area contributed by atoms with E-state index in [1.165, 1.54) is 0 Å². The predicted molar refractivity (Wildman–Crippen MR) is 50.2 cm³/mol. The average Bonchev–Trinajstić information content (AvgIpc) is 2.48. The molecule has 0 spiro atoms. The second kappa shape index (κ2) is 5.16. The number of hydrogen-bond donors (Lipinski definition) is 0. The zero-order valence-corrected chi connectivity index (χ0v) is 12.6. The number of nitrogens with zero attached hydrogens (tertiary/aromatic N) is 1. The maximum absolute atomic E-state index is 14.5. The van der Waals surface area contributed by atoms with Crippen molar-refractivity contribution in [3.63, 3.8) is 0 Å². The summed E-state index contributed by atoms with van der Waals surface area (Å²) in [4.78, 5) is -4.60. The van der Waals surface area contributed by atoms with E-state index in [1.54, 1.807) is 0 Å². The predicted octanol–water partition coefficient (Wildman–Crippen LogP) is 5.61. The van der Waals surface area contributed by atoms with Crippen LogP contribution < -0.4 is 0 Å². The lowest BCUT2D eigenvalue weighted by Gasteiger charge is -2.64. The Morgan fingerprint density at radius 2 is 0.700 bits per heavy atom. The Labute approximate surface area is 149 Å². The number of rotatable bonds is 0. The fraction of sp³-hybridized carbons (Fsp3) is 1.00. The molecule has 0 N–H and O–H groups in total. The lowest BCUT2D eigenvalue weighted by Crippen LogP contribution is -2.98. The molecule has 2 saturated heterocycles. The van der Waals surface area contributed by atoms with Gasteiger partial charge in [-0.1, -0.05) is 0 Å². The van der Waals surface area contributed by atoms with Crippen LogP contribution in [0.4, 0.5) is 83.4 Å². The number of halogens is 19. The van der Waals surface area contributed by atoms with Gasteiger partial charge in [0.05, 0.1) is 0 Å². The standard InChI is InChI=1S/C10F19N/c11-1(8(23,24)25)2(12,13)5(18,19)9(26,27)30-7(1,22)4(16,17)3(14,15)6(20,21)10(30,28)29. The Morgan fingerprint density at radius 1 is 0.400 bits per heavy atom. The molecule has 0 aromatic heterocycles. The Morgan fingerprint density at radius 3 is 1.00 bits per heavy atom. The Kier molecular flexibility index (Phi) is 4.28. The van der Waals surface area contributed by atoms with E-state index < -0.39 is 64.2 Å². The molecule has 2 aliphatic rings. The second-order valence-electron chi connectivity index (χ2n) is 6.07. The molecule has 20 heteroatoms. The van der Waals surface area contributed by atoms with Gasteiger partial charge in [-0.3, -0.25) is 0 Å². The van der Waals surface area contributed by atoms with Crippen LogP contribution in [0.1, 0.15) is 0 Å². The normalized spacial score (nSPS) is 40.5. The molecule has 0 amide bonds. The van der Waals surface area contributed by atoms with Gasteiger partial charge in [0.2, 0.25) is 0 Å². The second-order valence-corrected chi connectivity index (χ2v) is 6.07. The Hall–Kier alpha value is -1.37. The molecule has 0 aromatic rings. The highest BCUT2D eigenvalue weighted by Crippen LogP contribution is 2.77. The van der Waals surface area contributed by atoms with E-state index in [2.05, 4.69) is 0 Å². The fourth-order valence-electron chi connectivity index (χ4n) is 2.93. The van der Waals surface area contributed by atoms with Crippen LogP contribution in [0.3, 0.4) is 0 Å². The molecule has 0 saturated carbocycles. The Balaban J connectivity index is 3.25. The van der Waals surface area contributed by atoms with E-state index in [0.29, 0.717) is 0 Å². The highest BCUT2D eigenvalue weighted by Gasteiger charge is 3.10. The van der Waals surface area contributed by atoms with Crippen molar-refractivity contribution >= 4 is 0 Å². The number of piperidine rings is 2. The third-order valence-corrected chi connectivity index (χ3v) is 4.50. The van der Waals surface area contributed by atoms with Crippen molar-refractivity contribution < 1.29 is 83.4 Å². The molecular formula is C10F19N. The topological polar surface area (TPSA) is 3.24 Å². The van der Waals surface area contributed by atoms with Gasteiger partial charge < -0.3 is 0 Å². The first-order chi connectivity index (χ1) is 12.6. The Bertz CT molecular complexity index is 741. The van der Waals surface area contributed by atoms with Crippen molar-refractivity contribution in [3.05, 3.63) is 0 Å². The molecule has 2 unspecified atom stereocenters. The van der Waals surface area contributed by atoms with E-state index >= 15 is 0 Å². The molecular weight excluding hydrogens is 495 g/mol. The van der Waals surface area contributed by atoms with E-state index in [0.717, 1.165) is 0 Å². The first-order valence-electron chi connectivity index (χ1n) is 6.51. The van der Waals surface area contributed by atoms with Gasteiger partial charge in [-0.25, -0.2) is 8.78 Å². The van der Waals surface area contributed by atoms with Gasteiger partial charge in [-0.05, 0) is 0 Å². The highest BCUT2D eigenvalue weighted by atomic mass is 19.4. The molecule has 0 aliphatic carbocycles. The van der Waals surface area contributed by atoms with Crippen LogP contribution in [0.5, 0.6) is 0 Å². The van der Waals surface area contributed by atoms with Crippen molar-refractivity contribution in [2.24, 2.45) is 0 Å². The molecule has 0 radical (unpaired) electrons. The van der Waals surface area contributed by atoms with E-state index in [-0.39, 0.29) is 0 Å². The molecule has 2 fully saturated rings. The quantitative estimate of drug-likeness (QED) is 0.312. The maximum atomic E-state index is 14.5. The number of hydrogen-bond acceptors (Lipinski definition) is 1. The van der Waals surface area contributed by atoms with Gasteiger partial charge in [0.25, 0.3) is 5.79 Å². The minimum absolute atomic E-state index is 4.60. The molecule has 2 atom stereocenters. The average molecular weight is 495 g/mol. The highest BCUT2D eigenvalue weighted by molar-refractivity contribution is 5.34. The molecule has 178 valence electrons. The molecule has 0 bridgehead atoms. The third kappa shape index (κ3) is 1.84. The molecule has 2 aliphatic heterocycles. The summed E-state index contributed by atoms with van der Waals surface area (Å²) in [6.45, 7) is 0. The lowest BCUT2D eigenvalue weighted by atomic mass is 9.68. The first kappa shape index (κ1) is 24.9. The summed E-state index contributed by atoms with van der Waals surface area (Å²) in [6, 6.07) is -16.4. The summed E-state index contributed by atoms with van der Waals surface area (Å²) < 4.78 is 255. The van der Waals surface area contributed by atoms with Crippen molar-refractivity contribution in [1.29, 1.82) is 0 Å². The van der Waals surface area contributed by atoms with Crippen molar-refractivity contribution in [1.82, 2.24) is 4.90 Å². The maximum Gasteiger partial charge on any atom is 0.433 e. The number of fused-ring (bicyclic) bond motifs is 1. The fourth-order valence-corrected chi connectivity index (χ4v) is 2.93. The smallest absolute Gasteiger partial charge is 0.221 e. The van der Waals surface area contributed by atoms with E-state index in [1.807, 2.05) is 0 Å². The summed E-state index contributed by atoms with van der Waals surface area (Å²) in [7, 11) is 0. The minimum Gasteiger partial charge on any atom is -0.221 e. The largest absolute Gasteiger partial charge is 0.433 e. The van der Waals surface area contributed by atoms with Crippen LogP contribution in [0.2, 0.25) is 0 Å². The molecule has 30 heavy (non-hydrogen) atoms. The van der Waals surface area contributed by atoms with Gasteiger partial charge in [0.15, 0.2) is 0 Å². The SMILES string of the molecule is FC(F)(F)C1(F)C(F)(F)C(F)(F)C(F)(F)N2C(F)(F)C(F)(F)C(F)(F)C(F)(F)C21F. The van der Waals surface area contributed by atoms with Crippen LogP contribution in [0, 0.1) is 0 Å². The van der Waals surface area contributed by atoms with Gasteiger partial charge in [-0.2, -0.15) is 74.6 Å². The zero-order valence-electron chi connectivity index (χ0n) is 12.6. The zero-order chi connectivity index (χ0) is 24.6. The van der Waals surface area contributed by atoms with Crippen LogP contribution in [-0.2, 0) is 0 Å². The summed E-state index contributed by atoms with van der Waals surface area (Å²) in [5.74, 6) is -50.3. The monoisotopic (exact) mass is 495 g/mol. The van der Waals surface area contributed by atoms with Crippen molar-refractivity contribution in [2.45, 2.75) is 59.3 Å². The first-order valence-corrected chi connectivity index (χ1v) is 6.51. The number of alkyl halides is 19. The molecule has 2 rings (SSSR count). The van der Waals surface area contributed by atoms with E-state index in [4.69, 9.17) is 0 Å². The van der Waals surface area contributed by atoms with Crippen LogP contribution in [0.25, 0.3) is 0 Å². The third-order valence-electron chi connectivity index (χ3n) is 4.50. The van der Waals surface area contributed by atoms with Crippen LogP contribution in [0.15, 0.2) is 0 Å². The van der Waals surface area contributed by atoms with Crippen LogP contribution >= 0.6 is 0 Å². The summed E-state index contributed by atoms with van der Waals surface area (Å²) >= 11 is 0. The molecule has 0 aromatic carbocycles. The molecule has 1 nitrogen and oxygen atoms in total.